The Labute approximate surface area is 132 Å². The van der Waals surface area contributed by atoms with E-state index in [0.717, 1.165) is 11.3 Å². The number of amides is 2. The third-order valence-electron chi connectivity index (χ3n) is 4.19. The summed E-state index contributed by atoms with van der Waals surface area (Å²) in [5, 5.41) is 9.76. The van der Waals surface area contributed by atoms with Crippen molar-refractivity contribution in [2.24, 2.45) is 0 Å². The third-order valence-corrected chi connectivity index (χ3v) is 4.19. The summed E-state index contributed by atoms with van der Waals surface area (Å²) in [5.41, 5.74) is 1.43. The predicted octanol–water partition coefficient (Wildman–Crippen LogP) is 2.40. The monoisotopic (exact) mass is 316 g/mol. The van der Waals surface area contributed by atoms with E-state index in [0.29, 0.717) is 17.9 Å². The molecule has 0 fully saturated rings. The number of hydrogen-bond donors (Lipinski definition) is 2. The number of carbonyl (C=O) groups is 2. The van der Waals surface area contributed by atoms with E-state index in [2.05, 4.69) is 15.5 Å². The van der Waals surface area contributed by atoms with Crippen molar-refractivity contribution in [3.05, 3.63) is 46.9 Å². The maximum atomic E-state index is 12.9. The summed E-state index contributed by atoms with van der Waals surface area (Å²) in [7, 11) is 0. The van der Waals surface area contributed by atoms with Gasteiger partial charge in [0.25, 0.3) is 5.91 Å². The molecule has 0 aliphatic carbocycles. The zero-order valence-corrected chi connectivity index (χ0v) is 13.1. The standard InChI is InChI=1S/C16H17FN4O2/c1-9(22)21-8-12-13(16(21,2)3)19-20-14(12)18-15(23)10-4-6-11(17)7-5-10/h4-7H,8H2,1-3H3,(H2,18,19,20,23). The molecule has 120 valence electrons. The zero-order chi connectivity index (χ0) is 16.8. The Morgan fingerprint density at radius 3 is 2.57 bits per heavy atom. The van der Waals surface area contributed by atoms with E-state index in [-0.39, 0.29) is 11.8 Å². The molecule has 2 heterocycles. The fourth-order valence-electron chi connectivity index (χ4n) is 2.91. The minimum atomic E-state index is -0.507. The van der Waals surface area contributed by atoms with E-state index < -0.39 is 11.4 Å². The molecule has 2 aromatic rings. The van der Waals surface area contributed by atoms with Gasteiger partial charge >= 0.3 is 0 Å². The molecule has 0 unspecified atom stereocenters. The van der Waals surface area contributed by atoms with Crippen LogP contribution in [-0.2, 0) is 16.9 Å². The smallest absolute Gasteiger partial charge is 0.256 e. The minimum Gasteiger partial charge on any atom is -0.328 e. The molecule has 23 heavy (non-hydrogen) atoms. The normalized spacial score (nSPS) is 15.4. The molecule has 0 radical (unpaired) electrons. The Morgan fingerprint density at radius 2 is 1.96 bits per heavy atom. The summed E-state index contributed by atoms with van der Waals surface area (Å²) in [4.78, 5) is 25.7. The zero-order valence-electron chi connectivity index (χ0n) is 13.1. The molecule has 3 rings (SSSR count). The molecule has 7 heteroatoms. The lowest BCUT2D eigenvalue weighted by Crippen LogP contribution is -2.39. The van der Waals surface area contributed by atoms with Crippen LogP contribution in [-0.4, -0.2) is 26.9 Å². The lowest BCUT2D eigenvalue weighted by atomic mass is 10.0. The fraction of sp³-hybridized carbons (Fsp3) is 0.312. The second-order valence-electron chi connectivity index (χ2n) is 6.05. The van der Waals surface area contributed by atoms with Gasteiger partial charge in [0.05, 0.1) is 17.8 Å². The van der Waals surface area contributed by atoms with Crippen molar-refractivity contribution >= 4 is 17.6 Å². The number of H-pyrrole nitrogens is 1. The van der Waals surface area contributed by atoms with Crippen LogP contribution >= 0.6 is 0 Å². The van der Waals surface area contributed by atoms with Crippen LogP contribution < -0.4 is 5.32 Å². The van der Waals surface area contributed by atoms with Crippen molar-refractivity contribution in [1.82, 2.24) is 15.1 Å². The first kappa shape index (κ1) is 15.2. The Morgan fingerprint density at radius 1 is 1.30 bits per heavy atom. The molecule has 0 saturated carbocycles. The third kappa shape index (κ3) is 2.48. The second kappa shape index (κ2) is 5.19. The summed E-state index contributed by atoms with van der Waals surface area (Å²) in [6.45, 7) is 5.74. The maximum Gasteiger partial charge on any atom is 0.256 e. The van der Waals surface area contributed by atoms with Crippen LogP contribution in [0.2, 0.25) is 0 Å². The summed E-state index contributed by atoms with van der Waals surface area (Å²) < 4.78 is 12.9. The second-order valence-corrected chi connectivity index (χ2v) is 6.05. The number of fused-ring (bicyclic) bond motifs is 1. The number of aromatic amines is 1. The van der Waals surface area contributed by atoms with Crippen molar-refractivity contribution in [2.45, 2.75) is 32.9 Å². The minimum absolute atomic E-state index is 0.0459. The number of nitrogens with one attached hydrogen (secondary N) is 2. The molecule has 1 aliphatic rings. The SMILES string of the molecule is CC(=O)N1Cc2c(NC(=O)c3ccc(F)cc3)n[nH]c2C1(C)C. The van der Waals surface area contributed by atoms with Crippen LogP contribution in [0.15, 0.2) is 24.3 Å². The van der Waals surface area contributed by atoms with Gasteiger partial charge in [-0.25, -0.2) is 4.39 Å². The number of aromatic nitrogens is 2. The molecule has 1 aromatic heterocycles. The Kier molecular flexibility index (Phi) is 3.43. The van der Waals surface area contributed by atoms with E-state index in [4.69, 9.17) is 0 Å². The van der Waals surface area contributed by atoms with Gasteiger partial charge in [-0.15, -0.1) is 0 Å². The van der Waals surface area contributed by atoms with Crippen molar-refractivity contribution in [3.8, 4) is 0 Å². The van der Waals surface area contributed by atoms with Crippen molar-refractivity contribution in [1.29, 1.82) is 0 Å². The molecule has 0 spiro atoms. The average Bonchev–Trinajstić information content (AvgIpc) is 2.99. The number of halogens is 1. The fourth-order valence-corrected chi connectivity index (χ4v) is 2.91. The van der Waals surface area contributed by atoms with E-state index >= 15 is 0 Å². The van der Waals surface area contributed by atoms with Gasteiger partial charge in [-0.2, -0.15) is 5.10 Å². The molecule has 0 bridgehead atoms. The average molecular weight is 316 g/mol. The highest BCUT2D eigenvalue weighted by Crippen LogP contribution is 2.40. The molecule has 0 saturated heterocycles. The summed E-state index contributed by atoms with van der Waals surface area (Å²) in [6, 6.07) is 5.27. The number of anilines is 1. The molecule has 1 aliphatic heterocycles. The summed E-state index contributed by atoms with van der Waals surface area (Å²) >= 11 is 0. The number of nitrogens with zero attached hydrogens (tertiary/aromatic N) is 2. The quantitative estimate of drug-likeness (QED) is 0.893. The van der Waals surface area contributed by atoms with E-state index in [1.165, 1.54) is 31.2 Å². The van der Waals surface area contributed by atoms with Gasteiger partial charge in [0.1, 0.15) is 5.82 Å². The molecular formula is C16H17FN4O2. The van der Waals surface area contributed by atoms with Gasteiger partial charge in [0.2, 0.25) is 5.91 Å². The first-order chi connectivity index (χ1) is 10.8. The number of hydrogen-bond acceptors (Lipinski definition) is 3. The molecule has 2 N–H and O–H groups in total. The summed E-state index contributed by atoms with van der Waals surface area (Å²) in [5.74, 6) is -0.430. The predicted molar refractivity (Wildman–Crippen MR) is 82.2 cm³/mol. The van der Waals surface area contributed by atoms with E-state index in [1.807, 2.05) is 13.8 Å². The lowest BCUT2D eigenvalue weighted by molar-refractivity contribution is -0.134. The number of carbonyl (C=O) groups excluding carboxylic acids is 2. The number of rotatable bonds is 2. The first-order valence-electron chi connectivity index (χ1n) is 7.23. The van der Waals surface area contributed by atoms with Gasteiger partial charge < -0.3 is 10.2 Å². The summed E-state index contributed by atoms with van der Waals surface area (Å²) in [6.07, 6.45) is 0. The molecule has 0 atom stereocenters. The van der Waals surface area contributed by atoms with Crippen LogP contribution in [0.25, 0.3) is 0 Å². The maximum absolute atomic E-state index is 12.9. The van der Waals surface area contributed by atoms with Crippen LogP contribution in [0.1, 0.15) is 42.4 Å². The molecule has 2 amide bonds. The van der Waals surface area contributed by atoms with Crippen LogP contribution in [0.3, 0.4) is 0 Å². The van der Waals surface area contributed by atoms with Crippen LogP contribution in [0.5, 0.6) is 0 Å². The van der Waals surface area contributed by atoms with E-state index in [9.17, 15) is 14.0 Å². The van der Waals surface area contributed by atoms with Crippen molar-refractivity contribution in [2.75, 3.05) is 5.32 Å². The van der Waals surface area contributed by atoms with Gasteiger partial charge in [-0.3, -0.25) is 14.7 Å². The first-order valence-corrected chi connectivity index (χ1v) is 7.23. The largest absolute Gasteiger partial charge is 0.328 e. The van der Waals surface area contributed by atoms with Crippen molar-refractivity contribution < 1.29 is 14.0 Å². The van der Waals surface area contributed by atoms with Gasteiger partial charge in [0, 0.05) is 18.1 Å². The van der Waals surface area contributed by atoms with Gasteiger partial charge in [-0.05, 0) is 38.1 Å². The van der Waals surface area contributed by atoms with E-state index in [1.54, 1.807) is 4.90 Å². The highest BCUT2D eigenvalue weighted by molar-refractivity contribution is 6.04. The highest BCUT2D eigenvalue weighted by Gasteiger charge is 2.42. The number of benzene rings is 1. The molecular weight excluding hydrogens is 299 g/mol. The van der Waals surface area contributed by atoms with Crippen LogP contribution in [0.4, 0.5) is 10.2 Å². The van der Waals surface area contributed by atoms with Crippen molar-refractivity contribution in [3.63, 3.8) is 0 Å². The highest BCUT2D eigenvalue weighted by atomic mass is 19.1. The Hall–Kier alpha value is -2.70. The lowest BCUT2D eigenvalue weighted by Gasteiger charge is -2.30. The molecule has 6 nitrogen and oxygen atoms in total. The topological polar surface area (TPSA) is 78.1 Å². The van der Waals surface area contributed by atoms with Crippen LogP contribution in [0, 0.1) is 5.82 Å². The van der Waals surface area contributed by atoms with Gasteiger partial charge in [-0.1, -0.05) is 0 Å². The Balaban J connectivity index is 1.86. The Bertz CT molecular complexity index is 780. The van der Waals surface area contributed by atoms with Gasteiger partial charge in [0.15, 0.2) is 5.82 Å². The molecule has 1 aromatic carbocycles.